The lowest BCUT2D eigenvalue weighted by molar-refractivity contribution is -0.141. The Kier molecular flexibility index (Phi) is 4.51. The monoisotopic (exact) mass is 263 g/mol. The van der Waals surface area contributed by atoms with Gasteiger partial charge in [-0.05, 0) is 6.92 Å². The van der Waals surface area contributed by atoms with Crippen molar-refractivity contribution in [1.29, 1.82) is 0 Å². The average Bonchev–Trinajstić information content (AvgIpc) is 2.24. The second-order valence-electron chi connectivity index (χ2n) is 2.99. The fraction of sp³-hybridized carbons (Fsp3) is 0.300. The van der Waals surface area contributed by atoms with Crippen LogP contribution in [0.3, 0.4) is 0 Å². The summed E-state index contributed by atoms with van der Waals surface area (Å²) in [4.78, 5) is 25.6. The van der Waals surface area contributed by atoms with Gasteiger partial charge < -0.3 is 4.74 Å². The number of pyridine rings is 1. The highest BCUT2D eigenvalue weighted by Gasteiger charge is 2.23. The van der Waals surface area contributed by atoms with Crippen molar-refractivity contribution in [3.8, 4) is 0 Å². The van der Waals surface area contributed by atoms with E-state index in [1.165, 1.54) is 0 Å². The zero-order chi connectivity index (χ0) is 13.0. The molecule has 7 heteroatoms. The molecule has 0 N–H and O–H groups in total. The molecule has 0 saturated carbocycles. The van der Waals surface area contributed by atoms with E-state index in [0.717, 1.165) is 0 Å². The van der Waals surface area contributed by atoms with Gasteiger partial charge in [0.25, 0.3) is 0 Å². The van der Waals surface area contributed by atoms with Gasteiger partial charge in [0, 0.05) is 0 Å². The maximum atomic E-state index is 13.3. The largest absolute Gasteiger partial charge is 0.466 e. The molecule has 17 heavy (non-hydrogen) atoms. The maximum absolute atomic E-state index is 13.3. The third kappa shape index (κ3) is 3.20. The molecule has 0 atom stereocenters. The van der Waals surface area contributed by atoms with Crippen LogP contribution in [-0.4, -0.2) is 23.3 Å². The van der Waals surface area contributed by atoms with Crippen LogP contribution in [-0.2, 0) is 9.53 Å². The molecule has 1 rings (SSSR count). The number of hydrogen-bond acceptors (Lipinski definition) is 4. The summed E-state index contributed by atoms with van der Waals surface area (Å²) in [6.45, 7) is 1.63. The van der Waals surface area contributed by atoms with E-state index in [9.17, 15) is 18.4 Å². The molecule has 0 aliphatic heterocycles. The molecule has 0 aliphatic rings. The highest BCUT2D eigenvalue weighted by Crippen LogP contribution is 2.19. The quantitative estimate of drug-likeness (QED) is 0.361. The number of Topliss-reactive ketones (excluding diaryl/α,β-unsaturated/α-hetero) is 1. The minimum atomic E-state index is -1.28. The van der Waals surface area contributed by atoms with E-state index in [1.54, 1.807) is 6.92 Å². The van der Waals surface area contributed by atoms with Crippen LogP contribution in [0.2, 0.25) is 5.15 Å². The summed E-state index contributed by atoms with van der Waals surface area (Å²) in [7, 11) is 0. The van der Waals surface area contributed by atoms with E-state index in [4.69, 9.17) is 11.6 Å². The van der Waals surface area contributed by atoms with Crippen LogP contribution in [0.15, 0.2) is 6.20 Å². The summed E-state index contributed by atoms with van der Waals surface area (Å²) in [5, 5.41) is -0.626. The van der Waals surface area contributed by atoms with Crippen molar-refractivity contribution in [2.45, 2.75) is 13.3 Å². The third-order valence-corrected chi connectivity index (χ3v) is 2.08. The van der Waals surface area contributed by atoms with E-state index < -0.39 is 40.5 Å². The number of rotatable bonds is 4. The lowest BCUT2D eigenvalue weighted by atomic mass is 10.1. The van der Waals surface area contributed by atoms with Gasteiger partial charge >= 0.3 is 5.97 Å². The first kappa shape index (κ1) is 13.5. The van der Waals surface area contributed by atoms with Crippen molar-refractivity contribution in [1.82, 2.24) is 4.98 Å². The Morgan fingerprint density at radius 2 is 2.12 bits per heavy atom. The molecule has 0 bridgehead atoms. The predicted molar refractivity (Wildman–Crippen MR) is 54.7 cm³/mol. The summed E-state index contributed by atoms with van der Waals surface area (Å²) in [6, 6.07) is 0. The van der Waals surface area contributed by atoms with Crippen molar-refractivity contribution in [3.63, 3.8) is 0 Å². The van der Waals surface area contributed by atoms with Gasteiger partial charge in [-0.15, -0.1) is 0 Å². The SMILES string of the molecule is CCOC(=O)CC(=O)c1c(F)cnc(Cl)c1F. The first-order chi connectivity index (χ1) is 7.97. The zero-order valence-electron chi connectivity index (χ0n) is 8.80. The Hall–Kier alpha value is -1.56. The number of hydrogen-bond donors (Lipinski definition) is 0. The molecule has 0 unspecified atom stereocenters. The van der Waals surface area contributed by atoms with E-state index in [2.05, 4.69) is 9.72 Å². The first-order valence-corrected chi connectivity index (χ1v) is 5.03. The van der Waals surface area contributed by atoms with Crippen LogP contribution in [0, 0.1) is 11.6 Å². The number of carbonyl (C=O) groups excluding carboxylic acids is 2. The van der Waals surface area contributed by atoms with Gasteiger partial charge in [-0.1, -0.05) is 11.6 Å². The molecular weight excluding hydrogens is 256 g/mol. The van der Waals surface area contributed by atoms with E-state index in [0.29, 0.717) is 6.20 Å². The van der Waals surface area contributed by atoms with Gasteiger partial charge in [0.05, 0.1) is 18.4 Å². The molecule has 0 saturated heterocycles. The standard InChI is InChI=1S/C10H8ClF2NO3/c1-2-17-7(16)3-6(15)8-5(12)4-14-10(11)9(8)13/h4H,2-3H2,1H3. The summed E-state index contributed by atoms with van der Waals surface area (Å²) in [6.07, 6.45) is -0.133. The number of nitrogens with zero attached hydrogens (tertiary/aromatic N) is 1. The molecule has 4 nitrogen and oxygen atoms in total. The molecule has 1 heterocycles. The minimum absolute atomic E-state index is 0.0776. The van der Waals surface area contributed by atoms with Gasteiger partial charge in [-0.25, -0.2) is 13.8 Å². The molecule has 0 aliphatic carbocycles. The van der Waals surface area contributed by atoms with Crippen LogP contribution >= 0.6 is 11.6 Å². The Bertz CT molecular complexity index is 465. The molecule has 92 valence electrons. The number of esters is 1. The lowest BCUT2D eigenvalue weighted by Gasteiger charge is -2.04. The Balaban J connectivity index is 2.97. The summed E-state index contributed by atoms with van der Waals surface area (Å²) >= 11 is 5.31. The summed E-state index contributed by atoms with van der Waals surface area (Å²) in [5.41, 5.74) is -0.877. The van der Waals surface area contributed by atoms with E-state index >= 15 is 0 Å². The lowest BCUT2D eigenvalue weighted by Crippen LogP contribution is -2.14. The summed E-state index contributed by atoms with van der Waals surface area (Å²) < 4.78 is 31.0. The third-order valence-electron chi connectivity index (χ3n) is 1.82. The van der Waals surface area contributed by atoms with Gasteiger partial charge in [0.2, 0.25) is 0 Å². The zero-order valence-corrected chi connectivity index (χ0v) is 9.55. The molecule has 0 spiro atoms. The maximum Gasteiger partial charge on any atom is 0.313 e. The van der Waals surface area contributed by atoms with E-state index in [1.807, 2.05) is 0 Å². The van der Waals surface area contributed by atoms with E-state index in [-0.39, 0.29) is 6.61 Å². The number of ether oxygens (including phenoxy) is 1. The molecule has 1 aromatic heterocycles. The van der Waals surface area contributed by atoms with Crippen molar-refractivity contribution < 1.29 is 23.1 Å². The highest BCUT2D eigenvalue weighted by atomic mass is 35.5. The minimum Gasteiger partial charge on any atom is -0.466 e. The topological polar surface area (TPSA) is 56.3 Å². The average molecular weight is 264 g/mol. The number of halogens is 3. The molecular formula is C10H8ClF2NO3. The van der Waals surface area contributed by atoms with Crippen LogP contribution < -0.4 is 0 Å². The molecule has 0 amide bonds. The van der Waals surface area contributed by atoms with Crippen molar-refractivity contribution in [2.24, 2.45) is 0 Å². The fourth-order valence-corrected chi connectivity index (χ4v) is 1.27. The van der Waals surface area contributed by atoms with Gasteiger partial charge in [-0.3, -0.25) is 9.59 Å². The molecule has 0 radical (unpaired) electrons. The Labute approximate surface area is 101 Å². The molecule has 1 aromatic rings. The highest BCUT2D eigenvalue weighted by molar-refractivity contribution is 6.30. The van der Waals surface area contributed by atoms with Crippen molar-refractivity contribution >= 4 is 23.4 Å². The second kappa shape index (κ2) is 5.67. The van der Waals surface area contributed by atoms with Crippen LogP contribution in [0.1, 0.15) is 23.7 Å². The first-order valence-electron chi connectivity index (χ1n) is 4.65. The fourth-order valence-electron chi connectivity index (χ4n) is 1.13. The molecule has 0 fully saturated rings. The Morgan fingerprint density at radius 1 is 1.47 bits per heavy atom. The van der Waals surface area contributed by atoms with Crippen LogP contribution in [0.5, 0.6) is 0 Å². The van der Waals surface area contributed by atoms with Gasteiger partial charge in [-0.2, -0.15) is 0 Å². The van der Waals surface area contributed by atoms with Crippen molar-refractivity contribution in [3.05, 3.63) is 28.5 Å². The van der Waals surface area contributed by atoms with Crippen LogP contribution in [0.25, 0.3) is 0 Å². The summed E-state index contributed by atoms with van der Waals surface area (Å²) in [5.74, 6) is -4.34. The normalized spacial score (nSPS) is 10.1. The predicted octanol–water partition coefficient (Wildman–Crippen LogP) is 2.15. The van der Waals surface area contributed by atoms with Crippen LogP contribution in [0.4, 0.5) is 8.78 Å². The van der Waals surface area contributed by atoms with Crippen molar-refractivity contribution in [2.75, 3.05) is 6.61 Å². The smallest absolute Gasteiger partial charge is 0.313 e. The molecule has 0 aromatic carbocycles. The Morgan fingerprint density at radius 3 is 2.71 bits per heavy atom. The van der Waals surface area contributed by atoms with Gasteiger partial charge in [0.1, 0.15) is 6.42 Å². The number of aromatic nitrogens is 1. The second-order valence-corrected chi connectivity index (χ2v) is 3.35. The van der Waals surface area contributed by atoms with Gasteiger partial charge in [0.15, 0.2) is 22.6 Å². The number of carbonyl (C=O) groups is 2. The number of ketones is 1.